The van der Waals surface area contributed by atoms with Crippen LogP contribution in [0.5, 0.6) is 0 Å². The Hall–Kier alpha value is -1.92. The van der Waals surface area contributed by atoms with Gasteiger partial charge in [0.25, 0.3) is 0 Å². The standard InChI is InChI=1S/C11H10N2O4.C2H6/c14-10(15)6-1-2-7(11-16-3-4-17-11)9-8(6)5-12-13-9;1-2/h1-2,5,11H,3-4H2,(H,12,13)(H,14,15);1-2H3. The van der Waals surface area contributed by atoms with Crippen LogP contribution >= 0.6 is 0 Å². The molecule has 1 aromatic carbocycles. The van der Waals surface area contributed by atoms with Gasteiger partial charge in [-0.15, -0.1) is 0 Å². The van der Waals surface area contributed by atoms with E-state index in [-0.39, 0.29) is 5.56 Å². The van der Waals surface area contributed by atoms with Crippen molar-refractivity contribution in [2.45, 2.75) is 20.1 Å². The number of aromatic amines is 1. The van der Waals surface area contributed by atoms with Crippen LogP contribution in [-0.2, 0) is 9.47 Å². The zero-order valence-corrected chi connectivity index (χ0v) is 10.8. The van der Waals surface area contributed by atoms with Crippen molar-refractivity contribution >= 4 is 16.9 Å². The lowest BCUT2D eigenvalue weighted by Crippen LogP contribution is -2.02. The van der Waals surface area contributed by atoms with Crippen molar-refractivity contribution in [2.24, 2.45) is 0 Å². The van der Waals surface area contributed by atoms with Gasteiger partial charge in [0.1, 0.15) is 0 Å². The fraction of sp³-hybridized carbons (Fsp3) is 0.385. The SMILES string of the molecule is CC.O=C(O)c1ccc(C2OCCO2)c2[nH]ncc12. The number of fused-ring (bicyclic) bond motifs is 1. The van der Waals surface area contributed by atoms with Crippen LogP contribution in [0, 0.1) is 0 Å². The molecule has 1 aromatic heterocycles. The molecule has 0 amide bonds. The van der Waals surface area contributed by atoms with E-state index in [4.69, 9.17) is 14.6 Å². The van der Waals surface area contributed by atoms with Gasteiger partial charge in [-0.05, 0) is 6.07 Å². The van der Waals surface area contributed by atoms with Crippen molar-refractivity contribution in [1.82, 2.24) is 10.2 Å². The predicted octanol–water partition coefficient (Wildman–Crippen LogP) is 2.33. The Morgan fingerprint density at radius 1 is 1.37 bits per heavy atom. The maximum Gasteiger partial charge on any atom is 0.336 e. The summed E-state index contributed by atoms with van der Waals surface area (Å²) in [5.41, 5.74) is 1.65. The normalized spacial score (nSPS) is 15.3. The minimum atomic E-state index is -0.976. The van der Waals surface area contributed by atoms with Gasteiger partial charge in [0.05, 0.1) is 30.5 Å². The summed E-state index contributed by atoms with van der Waals surface area (Å²) in [5, 5.41) is 16.3. The highest BCUT2D eigenvalue weighted by Gasteiger charge is 2.23. The van der Waals surface area contributed by atoms with Crippen LogP contribution in [0.3, 0.4) is 0 Å². The monoisotopic (exact) mass is 264 g/mol. The topological polar surface area (TPSA) is 84.4 Å². The van der Waals surface area contributed by atoms with Gasteiger partial charge in [-0.1, -0.05) is 19.9 Å². The molecule has 6 heteroatoms. The number of H-pyrrole nitrogens is 1. The Bertz CT molecular complexity index is 573. The van der Waals surface area contributed by atoms with Crippen LogP contribution < -0.4 is 0 Å². The molecule has 102 valence electrons. The van der Waals surface area contributed by atoms with E-state index in [0.29, 0.717) is 24.1 Å². The van der Waals surface area contributed by atoms with Gasteiger partial charge in [0, 0.05) is 10.9 Å². The molecule has 1 aliphatic heterocycles. The molecule has 0 unspecified atom stereocenters. The highest BCUT2D eigenvalue weighted by molar-refractivity contribution is 6.03. The minimum Gasteiger partial charge on any atom is -0.478 e. The fourth-order valence-electron chi connectivity index (χ4n) is 1.98. The largest absolute Gasteiger partial charge is 0.478 e. The number of benzene rings is 1. The first-order chi connectivity index (χ1) is 9.27. The van der Waals surface area contributed by atoms with E-state index in [0.717, 1.165) is 5.56 Å². The molecule has 0 bridgehead atoms. The number of nitrogens with zero attached hydrogens (tertiary/aromatic N) is 1. The van der Waals surface area contributed by atoms with Crippen molar-refractivity contribution in [3.05, 3.63) is 29.5 Å². The second-order valence-corrected chi connectivity index (χ2v) is 3.74. The lowest BCUT2D eigenvalue weighted by molar-refractivity contribution is -0.0431. The summed E-state index contributed by atoms with van der Waals surface area (Å²) in [6, 6.07) is 3.24. The third-order valence-corrected chi connectivity index (χ3v) is 2.75. The summed E-state index contributed by atoms with van der Waals surface area (Å²) < 4.78 is 10.8. The predicted molar refractivity (Wildman–Crippen MR) is 69.0 cm³/mol. The Kier molecular flexibility index (Phi) is 4.13. The first-order valence-corrected chi connectivity index (χ1v) is 6.20. The van der Waals surface area contributed by atoms with E-state index < -0.39 is 12.3 Å². The molecule has 0 atom stereocenters. The van der Waals surface area contributed by atoms with Crippen molar-refractivity contribution in [1.29, 1.82) is 0 Å². The van der Waals surface area contributed by atoms with Crippen LogP contribution in [0.1, 0.15) is 36.1 Å². The number of carbonyl (C=O) groups is 1. The number of aromatic carboxylic acids is 1. The molecule has 0 aliphatic carbocycles. The van der Waals surface area contributed by atoms with Gasteiger partial charge >= 0.3 is 5.97 Å². The number of ether oxygens (including phenoxy) is 2. The van der Waals surface area contributed by atoms with Crippen LogP contribution in [-0.4, -0.2) is 34.5 Å². The van der Waals surface area contributed by atoms with E-state index in [2.05, 4.69) is 10.2 Å². The van der Waals surface area contributed by atoms with E-state index in [1.54, 1.807) is 12.1 Å². The Labute approximate surface area is 110 Å². The molecule has 0 radical (unpaired) electrons. The summed E-state index contributed by atoms with van der Waals surface area (Å²) in [5.74, 6) is -0.976. The van der Waals surface area contributed by atoms with Gasteiger partial charge in [-0.25, -0.2) is 4.79 Å². The maximum atomic E-state index is 11.0. The quantitative estimate of drug-likeness (QED) is 0.869. The first-order valence-electron chi connectivity index (χ1n) is 6.20. The van der Waals surface area contributed by atoms with Gasteiger partial charge < -0.3 is 14.6 Å². The average Bonchev–Trinajstić information content (AvgIpc) is 3.11. The fourth-order valence-corrected chi connectivity index (χ4v) is 1.98. The number of nitrogens with one attached hydrogen (secondary N) is 1. The van der Waals surface area contributed by atoms with Crippen LogP contribution in [0.4, 0.5) is 0 Å². The number of aromatic nitrogens is 2. The second-order valence-electron chi connectivity index (χ2n) is 3.74. The number of hydrogen-bond donors (Lipinski definition) is 2. The van der Waals surface area contributed by atoms with Gasteiger partial charge in [-0.2, -0.15) is 5.10 Å². The third-order valence-electron chi connectivity index (χ3n) is 2.75. The second kappa shape index (κ2) is 5.81. The summed E-state index contributed by atoms with van der Waals surface area (Å²) in [4.78, 5) is 11.0. The molecule has 0 spiro atoms. The van der Waals surface area contributed by atoms with Crippen LogP contribution in [0.2, 0.25) is 0 Å². The molecule has 3 rings (SSSR count). The van der Waals surface area contributed by atoms with Crippen LogP contribution in [0.15, 0.2) is 18.3 Å². The first kappa shape index (κ1) is 13.5. The molecule has 2 aromatic rings. The molecular formula is C13H16N2O4. The van der Waals surface area contributed by atoms with Gasteiger partial charge in [0.15, 0.2) is 6.29 Å². The van der Waals surface area contributed by atoms with E-state index in [1.807, 2.05) is 13.8 Å². The number of carboxylic acid groups (broad SMARTS) is 1. The van der Waals surface area contributed by atoms with Gasteiger partial charge in [-0.3, -0.25) is 5.10 Å². The average molecular weight is 264 g/mol. The Morgan fingerprint density at radius 3 is 2.68 bits per heavy atom. The number of carboxylic acids is 1. The van der Waals surface area contributed by atoms with E-state index in [1.165, 1.54) is 6.20 Å². The molecule has 1 saturated heterocycles. The molecule has 1 fully saturated rings. The highest BCUT2D eigenvalue weighted by Crippen LogP contribution is 2.30. The molecule has 19 heavy (non-hydrogen) atoms. The zero-order valence-electron chi connectivity index (χ0n) is 10.8. The maximum absolute atomic E-state index is 11.0. The number of hydrogen-bond acceptors (Lipinski definition) is 4. The Balaban J connectivity index is 0.000000637. The third kappa shape index (κ3) is 2.45. The van der Waals surface area contributed by atoms with Crippen LogP contribution in [0.25, 0.3) is 10.9 Å². The van der Waals surface area contributed by atoms with E-state index >= 15 is 0 Å². The minimum absolute atomic E-state index is 0.218. The number of rotatable bonds is 2. The molecule has 0 saturated carbocycles. The molecule has 2 N–H and O–H groups in total. The lowest BCUT2D eigenvalue weighted by Gasteiger charge is -2.10. The zero-order chi connectivity index (χ0) is 13.8. The van der Waals surface area contributed by atoms with Crippen molar-refractivity contribution in [2.75, 3.05) is 13.2 Å². The Morgan fingerprint density at radius 2 is 2.05 bits per heavy atom. The smallest absolute Gasteiger partial charge is 0.336 e. The molecule has 2 heterocycles. The summed E-state index contributed by atoms with van der Waals surface area (Å²) in [6.45, 7) is 5.09. The molecule has 6 nitrogen and oxygen atoms in total. The van der Waals surface area contributed by atoms with E-state index in [9.17, 15) is 4.79 Å². The summed E-state index contributed by atoms with van der Waals surface area (Å²) >= 11 is 0. The molecule has 1 aliphatic rings. The summed E-state index contributed by atoms with van der Waals surface area (Å²) in [6.07, 6.45) is 1.05. The van der Waals surface area contributed by atoms with Crippen molar-refractivity contribution in [3.8, 4) is 0 Å². The lowest BCUT2D eigenvalue weighted by atomic mass is 10.1. The molecular weight excluding hydrogens is 248 g/mol. The van der Waals surface area contributed by atoms with Crippen molar-refractivity contribution < 1.29 is 19.4 Å². The highest BCUT2D eigenvalue weighted by atomic mass is 16.7. The van der Waals surface area contributed by atoms with Gasteiger partial charge in [0.2, 0.25) is 0 Å². The summed E-state index contributed by atoms with van der Waals surface area (Å²) in [7, 11) is 0. The van der Waals surface area contributed by atoms with Crippen molar-refractivity contribution in [3.63, 3.8) is 0 Å².